The van der Waals surface area contributed by atoms with Crippen LogP contribution in [0.4, 0.5) is 0 Å². The molecule has 0 spiro atoms. The van der Waals surface area contributed by atoms with E-state index in [1.807, 2.05) is 47.4 Å². The summed E-state index contributed by atoms with van der Waals surface area (Å²) < 4.78 is 5.43. The highest BCUT2D eigenvalue weighted by Gasteiger charge is 2.42. The molecule has 7 heteroatoms. The zero-order valence-electron chi connectivity index (χ0n) is 17.1. The topological polar surface area (TPSA) is 84.7 Å². The Morgan fingerprint density at radius 1 is 1.13 bits per heavy atom. The molecule has 4 rings (SSSR count). The van der Waals surface area contributed by atoms with Gasteiger partial charge in [-0.25, -0.2) is 0 Å². The number of fused-ring (bicyclic) bond motifs is 1. The van der Waals surface area contributed by atoms with Gasteiger partial charge in [0, 0.05) is 44.5 Å². The average Bonchev–Trinajstić information content (AvgIpc) is 2.78. The molecular formula is C23H30ClN3O3. The number of halogens is 1. The summed E-state index contributed by atoms with van der Waals surface area (Å²) in [4.78, 5) is 27.9. The summed E-state index contributed by atoms with van der Waals surface area (Å²) >= 11 is 0. The van der Waals surface area contributed by atoms with Crippen LogP contribution in [0.5, 0.6) is 0 Å². The third-order valence-electron chi connectivity index (χ3n) is 6.35. The molecule has 0 saturated carbocycles. The summed E-state index contributed by atoms with van der Waals surface area (Å²) in [6.07, 6.45) is 3.10. The molecule has 2 aliphatic rings. The van der Waals surface area contributed by atoms with Gasteiger partial charge in [-0.05, 0) is 48.6 Å². The number of benzene rings is 2. The number of carbonyl (C=O) groups excluding carboxylic acids is 2. The molecule has 0 aromatic heterocycles. The van der Waals surface area contributed by atoms with Crippen molar-refractivity contribution in [1.82, 2.24) is 10.2 Å². The fourth-order valence-electron chi connectivity index (χ4n) is 4.48. The van der Waals surface area contributed by atoms with Crippen molar-refractivity contribution >= 4 is 35.0 Å². The minimum absolute atomic E-state index is 0. The zero-order valence-corrected chi connectivity index (χ0v) is 18.0. The number of rotatable bonds is 4. The van der Waals surface area contributed by atoms with E-state index < -0.39 is 5.41 Å². The van der Waals surface area contributed by atoms with Gasteiger partial charge in [0.15, 0.2) is 0 Å². The predicted octanol–water partition coefficient (Wildman–Crippen LogP) is 2.74. The Kier molecular flexibility index (Phi) is 7.34. The van der Waals surface area contributed by atoms with E-state index in [1.165, 1.54) is 0 Å². The van der Waals surface area contributed by atoms with Gasteiger partial charge in [-0.15, -0.1) is 12.4 Å². The number of carbonyl (C=O) groups is 2. The molecule has 162 valence electrons. The smallest absolute Gasteiger partial charge is 0.251 e. The summed E-state index contributed by atoms with van der Waals surface area (Å²) in [7, 11) is 0. The first-order valence-electron chi connectivity index (χ1n) is 10.5. The van der Waals surface area contributed by atoms with Crippen LogP contribution in [0.3, 0.4) is 0 Å². The molecule has 0 radical (unpaired) electrons. The molecule has 30 heavy (non-hydrogen) atoms. The molecule has 6 nitrogen and oxygen atoms in total. The second-order valence-corrected chi connectivity index (χ2v) is 8.22. The van der Waals surface area contributed by atoms with Crippen LogP contribution in [0, 0.1) is 5.41 Å². The second-order valence-electron chi connectivity index (χ2n) is 8.22. The van der Waals surface area contributed by atoms with E-state index in [0.29, 0.717) is 44.7 Å². The number of nitrogens with zero attached hydrogens (tertiary/aromatic N) is 1. The second kappa shape index (κ2) is 9.77. The van der Waals surface area contributed by atoms with Crippen LogP contribution in [0.15, 0.2) is 42.5 Å². The molecule has 0 bridgehead atoms. The first kappa shape index (κ1) is 22.5. The van der Waals surface area contributed by atoms with Crippen LogP contribution < -0.4 is 11.1 Å². The zero-order chi connectivity index (χ0) is 20.3. The molecule has 2 aromatic rings. The van der Waals surface area contributed by atoms with Crippen molar-refractivity contribution in [2.45, 2.75) is 31.7 Å². The quantitative estimate of drug-likeness (QED) is 0.779. The summed E-state index contributed by atoms with van der Waals surface area (Å²) in [6.45, 7) is 2.78. The Morgan fingerprint density at radius 2 is 1.87 bits per heavy atom. The van der Waals surface area contributed by atoms with Crippen LogP contribution in [-0.2, 0) is 9.53 Å². The van der Waals surface area contributed by atoms with E-state index in [2.05, 4.69) is 5.32 Å². The molecule has 1 unspecified atom stereocenters. The number of likely N-dealkylation sites (tertiary alicyclic amines) is 1. The first-order valence-corrected chi connectivity index (χ1v) is 10.5. The summed E-state index contributed by atoms with van der Waals surface area (Å²) in [5.74, 6) is 0.0302. The first-order chi connectivity index (χ1) is 14.1. The number of nitrogens with two attached hydrogens (primary N) is 1. The van der Waals surface area contributed by atoms with Crippen molar-refractivity contribution in [1.29, 1.82) is 0 Å². The maximum atomic E-state index is 13.2. The van der Waals surface area contributed by atoms with Crippen LogP contribution in [0.25, 0.3) is 10.8 Å². The monoisotopic (exact) mass is 431 g/mol. The summed E-state index contributed by atoms with van der Waals surface area (Å²) in [5, 5.41) is 5.29. The molecule has 2 aromatic carbocycles. The maximum Gasteiger partial charge on any atom is 0.251 e. The van der Waals surface area contributed by atoms with Gasteiger partial charge in [0.25, 0.3) is 5.91 Å². The van der Waals surface area contributed by atoms with Crippen LogP contribution in [-0.4, -0.2) is 55.6 Å². The number of hydrogen-bond acceptors (Lipinski definition) is 4. The molecule has 3 N–H and O–H groups in total. The molecule has 2 saturated heterocycles. The standard InChI is InChI=1S/C23H29N3O3.ClH/c24-16-23(9-12-29-13-10-23)22(28)26-11-3-6-20(15-26)25-21(27)19-8-7-17-4-1-2-5-18(17)14-19;/h1-2,4-5,7-8,14,20H,3,6,9-13,15-16,24H2,(H,25,27);1H. The average molecular weight is 432 g/mol. The van der Waals surface area contributed by atoms with Crippen molar-refractivity contribution in [2.24, 2.45) is 11.1 Å². The lowest BCUT2D eigenvalue weighted by molar-refractivity contribution is -0.148. The fourth-order valence-corrected chi connectivity index (χ4v) is 4.48. The molecular weight excluding hydrogens is 402 g/mol. The lowest BCUT2D eigenvalue weighted by Gasteiger charge is -2.42. The lowest BCUT2D eigenvalue weighted by atomic mass is 9.78. The Morgan fingerprint density at radius 3 is 2.60 bits per heavy atom. The number of piperidine rings is 1. The van der Waals surface area contributed by atoms with Gasteiger partial charge >= 0.3 is 0 Å². The van der Waals surface area contributed by atoms with Crippen molar-refractivity contribution in [3.63, 3.8) is 0 Å². The molecule has 2 heterocycles. The van der Waals surface area contributed by atoms with E-state index in [4.69, 9.17) is 10.5 Å². The highest BCUT2D eigenvalue weighted by Crippen LogP contribution is 2.32. The van der Waals surface area contributed by atoms with Crippen molar-refractivity contribution < 1.29 is 14.3 Å². The summed E-state index contributed by atoms with van der Waals surface area (Å²) in [5.41, 5.74) is 6.15. The molecule has 1 atom stereocenters. The van der Waals surface area contributed by atoms with Gasteiger partial charge in [-0.2, -0.15) is 0 Å². The Balaban J connectivity index is 0.00000256. The minimum atomic E-state index is -0.511. The maximum absolute atomic E-state index is 13.2. The normalized spacial score (nSPS) is 21.0. The molecule has 2 aliphatic heterocycles. The van der Waals surface area contributed by atoms with Crippen molar-refractivity contribution in [2.75, 3.05) is 32.8 Å². The number of nitrogens with one attached hydrogen (secondary N) is 1. The van der Waals surface area contributed by atoms with E-state index in [1.54, 1.807) is 0 Å². The van der Waals surface area contributed by atoms with Gasteiger partial charge in [0.2, 0.25) is 5.91 Å². The van der Waals surface area contributed by atoms with E-state index in [0.717, 1.165) is 30.2 Å². The summed E-state index contributed by atoms with van der Waals surface area (Å²) in [6, 6.07) is 13.7. The van der Waals surface area contributed by atoms with Gasteiger partial charge in [-0.3, -0.25) is 9.59 Å². The third-order valence-corrected chi connectivity index (χ3v) is 6.35. The molecule has 0 aliphatic carbocycles. The molecule has 2 amide bonds. The number of hydrogen-bond donors (Lipinski definition) is 2. The fraction of sp³-hybridized carbons (Fsp3) is 0.478. The minimum Gasteiger partial charge on any atom is -0.381 e. The Labute approximate surface area is 183 Å². The predicted molar refractivity (Wildman–Crippen MR) is 120 cm³/mol. The van der Waals surface area contributed by atoms with Crippen molar-refractivity contribution in [3.05, 3.63) is 48.0 Å². The van der Waals surface area contributed by atoms with Crippen molar-refractivity contribution in [3.8, 4) is 0 Å². The van der Waals surface area contributed by atoms with Crippen LogP contribution in [0.2, 0.25) is 0 Å². The highest BCUT2D eigenvalue weighted by molar-refractivity contribution is 5.98. The van der Waals surface area contributed by atoms with Gasteiger partial charge in [0.1, 0.15) is 0 Å². The molecule has 2 fully saturated rings. The third kappa shape index (κ3) is 4.61. The number of ether oxygens (including phenoxy) is 1. The largest absolute Gasteiger partial charge is 0.381 e. The lowest BCUT2D eigenvalue weighted by Crippen LogP contribution is -2.56. The SMILES string of the molecule is Cl.NCC1(C(=O)N2CCCC(NC(=O)c3ccc4ccccc4c3)C2)CCOCC1. The van der Waals surface area contributed by atoms with Gasteiger partial charge < -0.3 is 20.7 Å². The van der Waals surface area contributed by atoms with E-state index >= 15 is 0 Å². The Bertz CT molecular complexity index is 898. The van der Waals surface area contributed by atoms with E-state index in [-0.39, 0.29) is 30.3 Å². The van der Waals surface area contributed by atoms with E-state index in [9.17, 15) is 9.59 Å². The highest BCUT2D eigenvalue weighted by atomic mass is 35.5. The van der Waals surface area contributed by atoms with Gasteiger partial charge in [-0.1, -0.05) is 30.3 Å². The Hall–Kier alpha value is -2.15. The van der Waals surface area contributed by atoms with Crippen LogP contribution in [0.1, 0.15) is 36.0 Å². The van der Waals surface area contributed by atoms with Crippen LogP contribution >= 0.6 is 12.4 Å². The number of amides is 2. The van der Waals surface area contributed by atoms with Gasteiger partial charge in [0.05, 0.1) is 5.41 Å².